The Morgan fingerprint density at radius 2 is 1.83 bits per heavy atom. The molecule has 0 aliphatic rings. The number of carbonyl (C=O) groups is 1. The highest BCUT2D eigenvalue weighted by Crippen LogP contribution is 2.33. The van der Waals surface area contributed by atoms with Gasteiger partial charge in [-0.15, -0.1) is 0 Å². The van der Waals surface area contributed by atoms with Crippen LogP contribution in [-0.4, -0.2) is 22.9 Å². The number of nitriles is 1. The number of alkyl halides is 3. The van der Waals surface area contributed by atoms with Gasteiger partial charge in [0.15, 0.2) is 0 Å². The maximum Gasteiger partial charge on any atom is 0.417 e. The quantitative estimate of drug-likeness (QED) is 0.579. The van der Waals surface area contributed by atoms with Gasteiger partial charge < -0.3 is 4.74 Å². The highest BCUT2D eigenvalue weighted by atomic mass is 19.4. The number of ether oxygens (including phenoxy) is 1. The lowest BCUT2D eigenvalue weighted by molar-refractivity contribution is -0.137. The number of hydrogen-bond acceptors (Lipinski definition) is 4. The van der Waals surface area contributed by atoms with E-state index in [-0.39, 0.29) is 5.69 Å². The Hall–Kier alpha value is -3.60. The van der Waals surface area contributed by atoms with Gasteiger partial charge in [0, 0.05) is 17.7 Å². The van der Waals surface area contributed by atoms with Crippen LogP contribution < -0.4 is 0 Å². The van der Waals surface area contributed by atoms with E-state index in [1.165, 1.54) is 17.9 Å². The molecule has 30 heavy (non-hydrogen) atoms. The predicted octanol–water partition coefficient (Wildman–Crippen LogP) is 4.76. The molecule has 1 aromatic heterocycles. The summed E-state index contributed by atoms with van der Waals surface area (Å²) in [5, 5.41) is 13.4. The molecule has 0 bridgehead atoms. The van der Waals surface area contributed by atoms with Crippen molar-refractivity contribution in [3.63, 3.8) is 0 Å². The number of methoxy groups -OCH3 is 1. The van der Waals surface area contributed by atoms with Crippen LogP contribution in [0.2, 0.25) is 0 Å². The summed E-state index contributed by atoms with van der Waals surface area (Å²) in [4.78, 5) is 11.6. The highest BCUT2D eigenvalue weighted by molar-refractivity contribution is 5.89. The van der Waals surface area contributed by atoms with Crippen LogP contribution in [0.15, 0.2) is 42.5 Å². The molecule has 154 valence electrons. The Labute approximate surface area is 171 Å². The van der Waals surface area contributed by atoms with Crippen molar-refractivity contribution in [2.45, 2.75) is 26.4 Å². The average molecular weight is 413 g/mol. The molecule has 2 aromatic carbocycles. The third-order valence-electron chi connectivity index (χ3n) is 4.87. The molecule has 3 aromatic rings. The van der Waals surface area contributed by atoms with E-state index in [2.05, 4.69) is 9.84 Å². The van der Waals surface area contributed by atoms with Crippen LogP contribution in [0.1, 0.15) is 44.0 Å². The molecule has 0 fully saturated rings. The number of carbonyl (C=O) groups excluding carboxylic acids is 1. The van der Waals surface area contributed by atoms with Crippen molar-refractivity contribution in [3.05, 3.63) is 81.7 Å². The lowest BCUT2D eigenvalue weighted by Crippen LogP contribution is -2.10. The first-order valence-electron chi connectivity index (χ1n) is 8.99. The van der Waals surface area contributed by atoms with Gasteiger partial charge in [-0.3, -0.25) is 0 Å². The lowest BCUT2D eigenvalue weighted by atomic mass is 10.0. The predicted molar refractivity (Wildman–Crippen MR) is 103 cm³/mol. The van der Waals surface area contributed by atoms with Crippen LogP contribution in [0.5, 0.6) is 0 Å². The third kappa shape index (κ3) is 4.06. The average Bonchev–Trinajstić information content (AvgIpc) is 3.00. The fraction of sp³-hybridized carbons (Fsp3) is 0.227. The zero-order chi connectivity index (χ0) is 22.1. The summed E-state index contributed by atoms with van der Waals surface area (Å²) in [5.41, 5.74) is 2.42. The van der Waals surface area contributed by atoms with E-state index in [0.29, 0.717) is 23.4 Å². The topological polar surface area (TPSA) is 67.9 Å². The van der Waals surface area contributed by atoms with Gasteiger partial charge in [0.25, 0.3) is 0 Å². The Balaban J connectivity index is 1.97. The normalized spacial score (nSPS) is 11.2. The van der Waals surface area contributed by atoms with Gasteiger partial charge in [0.05, 0.1) is 41.3 Å². The van der Waals surface area contributed by atoms with E-state index in [4.69, 9.17) is 5.26 Å². The monoisotopic (exact) mass is 413 g/mol. The number of rotatable bonds is 4. The second kappa shape index (κ2) is 8.03. The Bertz CT molecular complexity index is 1140. The SMILES string of the molecule is COC(=O)c1ccc(Cc2c(C)nn(-c3ccc(C#N)c(C(F)(F)F)c3)c2C)cc1. The molecule has 0 unspecified atom stereocenters. The minimum Gasteiger partial charge on any atom is -0.465 e. The van der Waals surface area contributed by atoms with E-state index >= 15 is 0 Å². The van der Waals surface area contributed by atoms with Crippen LogP contribution >= 0.6 is 0 Å². The Kier molecular flexibility index (Phi) is 5.65. The van der Waals surface area contributed by atoms with E-state index in [9.17, 15) is 18.0 Å². The number of hydrogen-bond donors (Lipinski definition) is 0. The van der Waals surface area contributed by atoms with E-state index in [1.807, 2.05) is 0 Å². The van der Waals surface area contributed by atoms with E-state index < -0.39 is 23.3 Å². The number of aromatic nitrogens is 2. The van der Waals surface area contributed by atoms with E-state index in [1.54, 1.807) is 44.2 Å². The minimum atomic E-state index is -4.64. The van der Waals surface area contributed by atoms with Crippen molar-refractivity contribution < 1.29 is 22.7 Å². The first-order valence-corrected chi connectivity index (χ1v) is 8.99. The summed E-state index contributed by atoms with van der Waals surface area (Å²) in [7, 11) is 1.31. The van der Waals surface area contributed by atoms with Crippen molar-refractivity contribution >= 4 is 5.97 Å². The summed E-state index contributed by atoms with van der Waals surface area (Å²) in [6.07, 6.45) is -4.14. The van der Waals surface area contributed by atoms with Crippen molar-refractivity contribution in [1.82, 2.24) is 9.78 Å². The molecule has 0 saturated carbocycles. The molecule has 0 atom stereocenters. The van der Waals surface area contributed by atoms with Crippen LogP contribution in [0.25, 0.3) is 5.69 Å². The molecule has 0 aliphatic heterocycles. The smallest absolute Gasteiger partial charge is 0.417 e. The van der Waals surface area contributed by atoms with Crippen LogP contribution in [0.4, 0.5) is 13.2 Å². The minimum absolute atomic E-state index is 0.231. The fourth-order valence-corrected chi connectivity index (χ4v) is 3.26. The maximum absolute atomic E-state index is 13.3. The lowest BCUT2D eigenvalue weighted by Gasteiger charge is -2.12. The summed E-state index contributed by atoms with van der Waals surface area (Å²) in [6.45, 7) is 3.57. The number of halogens is 3. The maximum atomic E-state index is 13.3. The van der Waals surface area contributed by atoms with Gasteiger partial charge >= 0.3 is 12.1 Å². The van der Waals surface area contributed by atoms with Crippen molar-refractivity contribution in [2.75, 3.05) is 7.11 Å². The first kappa shape index (κ1) is 21.1. The molecule has 0 radical (unpaired) electrons. The standard InChI is InChI=1S/C22H18F3N3O2/c1-13-19(10-15-4-6-16(7-5-15)21(29)30-3)14(2)28(27-13)18-9-8-17(12-26)20(11-18)22(23,24)25/h4-9,11H,10H2,1-3H3. The summed E-state index contributed by atoms with van der Waals surface area (Å²) < 4.78 is 46.0. The van der Waals surface area contributed by atoms with Crippen molar-refractivity contribution in [1.29, 1.82) is 5.26 Å². The first-order chi connectivity index (χ1) is 14.2. The number of aryl methyl sites for hydroxylation is 1. The Morgan fingerprint density at radius 3 is 2.40 bits per heavy atom. The van der Waals surface area contributed by atoms with E-state index in [0.717, 1.165) is 23.3 Å². The Morgan fingerprint density at radius 1 is 1.17 bits per heavy atom. The van der Waals surface area contributed by atoms with Crippen LogP contribution in [0, 0.1) is 25.2 Å². The summed E-state index contributed by atoms with van der Waals surface area (Å²) >= 11 is 0. The fourth-order valence-electron chi connectivity index (χ4n) is 3.26. The molecule has 0 spiro atoms. The van der Waals surface area contributed by atoms with Gasteiger partial charge in [0.1, 0.15) is 0 Å². The van der Waals surface area contributed by atoms with Crippen molar-refractivity contribution in [2.24, 2.45) is 0 Å². The largest absolute Gasteiger partial charge is 0.465 e. The molecular weight excluding hydrogens is 395 g/mol. The van der Waals surface area contributed by atoms with Gasteiger partial charge in [-0.25, -0.2) is 9.48 Å². The van der Waals surface area contributed by atoms with Gasteiger partial charge in [0.2, 0.25) is 0 Å². The third-order valence-corrected chi connectivity index (χ3v) is 4.87. The summed E-state index contributed by atoms with van der Waals surface area (Å²) in [5.74, 6) is -0.428. The van der Waals surface area contributed by atoms with Crippen molar-refractivity contribution in [3.8, 4) is 11.8 Å². The molecule has 0 amide bonds. The molecule has 0 saturated heterocycles. The highest BCUT2D eigenvalue weighted by Gasteiger charge is 2.34. The molecule has 5 nitrogen and oxygen atoms in total. The number of nitrogens with zero attached hydrogens (tertiary/aromatic N) is 3. The zero-order valence-electron chi connectivity index (χ0n) is 16.5. The molecule has 8 heteroatoms. The van der Waals surface area contributed by atoms with Gasteiger partial charge in [-0.05, 0) is 49.7 Å². The molecule has 0 N–H and O–H groups in total. The molecule has 1 heterocycles. The number of esters is 1. The van der Waals surface area contributed by atoms with Gasteiger partial charge in [-0.1, -0.05) is 12.1 Å². The second-order valence-electron chi connectivity index (χ2n) is 6.77. The van der Waals surface area contributed by atoms with Crippen LogP contribution in [-0.2, 0) is 17.3 Å². The summed E-state index contributed by atoms with van der Waals surface area (Å²) in [6, 6.07) is 12.0. The number of benzene rings is 2. The van der Waals surface area contributed by atoms with Crippen LogP contribution in [0.3, 0.4) is 0 Å². The molecular formula is C22H18F3N3O2. The van der Waals surface area contributed by atoms with Gasteiger partial charge in [-0.2, -0.15) is 23.5 Å². The second-order valence-corrected chi connectivity index (χ2v) is 6.77. The molecule has 0 aliphatic carbocycles. The zero-order valence-corrected chi connectivity index (χ0v) is 16.5. The molecule has 3 rings (SSSR count).